The van der Waals surface area contributed by atoms with Crippen LogP contribution in [0.25, 0.3) is 0 Å². The summed E-state index contributed by atoms with van der Waals surface area (Å²) in [6, 6.07) is 4.04. The van der Waals surface area contributed by atoms with E-state index >= 15 is 0 Å². The molecule has 0 aromatic carbocycles. The third-order valence-electron chi connectivity index (χ3n) is 6.41. The topological polar surface area (TPSA) is 133 Å². The Hall–Kier alpha value is -2.62. The first-order chi connectivity index (χ1) is 15.0. The van der Waals surface area contributed by atoms with Gasteiger partial charge in [0.1, 0.15) is 16.7 Å². The van der Waals surface area contributed by atoms with Gasteiger partial charge in [-0.3, -0.25) is 4.98 Å². The number of fused-ring (bicyclic) bond motifs is 2. The number of piperidine rings is 1. The summed E-state index contributed by atoms with van der Waals surface area (Å²) in [5.74, 6) is 1.42. The summed E-state index contributed by atoms with van der Waals surface area (Å²) in [7, 11) is 0. The fourth-order valence-corrected chi connectivity index (χ4v) is 5.73. The van der Waals surface area contributed by atoms with Crippen LogP contribution in [0.4, 0.5) is 17.5 Å². The number of nitrogen functional groups attached to an aromatic ring is 2. The van der Waals surface area contributed by atoms with Gasteiger partial charge in [-0.05, 0) is 42.5 Å². The third-order valence-corrected chi connectivity index (χ3v) is 7.99. The number of aromatic nitrogens is 4. The van der Waals surface area contributed by atoms with Crippen molar-refractivity contribution in [3.05, 3.63) is 53.1 Å². The lowest BCUT2D eigenvalue weighted by atomic mass is 9.71. The highest BCUT2D eigenvalue weighted by Crippen LogP contribution is 2.46. The normalized spacial score (nSPS) is 19.5. The number of nitrogens with two attached hydrogens (primary N) is 3. The third kappa shape index (κ3) is 3.46. The highest BCUT2D eigenvalue weighted by atomic mass is 35.5. The van der Waals surface area contributed by atoms with Crippen molar-refractivity contribution in [1.29, 1.82) is 0 Å². The Balaban J connectivity index is 1.32. The lowest BCUT2D eigenvalue weighted by molar-refractivity contribution is 0.292. The standard InChI is InChI=1S/C21H23ClN8S/c22-17-14(2-6-27-18(17)24)31-20-19(25)29-16(11-28-20)30-7-3-21(4-8-30)13-1-5-26-10-12(13)9-15(21)23/h1-2,5-6,10-11,15H,3-4,7-9,23H2,(H2,24,27)(H2,25,29). The maximum atomic E-state index is 6.60. The van der Waals surface area contributed by atoms with Crippen molar-refractivity contribution in [1.82, 2.24) is 19.9 Å². The molecule has 3 aromatic heterocycles. The van der Waals surface area contributed by atoms with Gasteiger partial charge in [-0.1, -0.05) is 23.4 Å². The molecule has 1 atom stereocenters. The van der Waals surface area contributed by atoms with E-state index in [1.165, 1.54) is 22.9 Å². The van der Waals surface area contributed by atoms with E-state index in [1.54, 1.807) is 18.5 Å². The van der Waals surface area contributed by atoms with Gasteiger partial charge < -0.3 is 22.1 Å². The number of rotatable bonds is 3. The molecule has 1 saturated heterocycles. The zero-order valence-electron chi connectivity index (χ0n) is 16.8. The smallest absolute Gasteiger partial charge is 0.158 e. The Bertz CT molecular complexity index is 1130. The van der Waals surface area contributed by atoms with E-state index in [-0.39, 0.29) is 17.3 Å². The first-order valence-corrected chi connectivity index (χ1v) is 11.3. The Morgan fingerprint density at radius 3 is 2.65 bits per heavy atom. The highest BCUT2D eigenvalue weighted by Gasteiger charge is 2.46. The van der Waals surface area contributed by atoms with Crippen molar-refractivity contribution in [2.45, 2.75) is 40.6 Å². The molecule has 0 amide bonds. The van der Waals surface area contributed by atoms with Crippen LogP contribution in [0.2, 0.25) is 5.02 Å². The molecular formula is C21H23ClN8S. The predicted octanol–water partition coefficient (Wildman–Crippen LogP) is 2.66. The van der Waals surface area contributed by atoms with Gasteiger partial charge in [-0.15, -0.1) is 0 Å². The maximum Gasteiger partial charge on any atom is 0.158 e. The van der Waals surface area contributed by atoms with E-state index in [9.17, 15) is 0 Å². The first kappa shape index (κ1) is 20.3. The molecule has 1 aliphatic heterocycles. The summed E-state index contributed by atoms with van der Waals surface area (Å²) in [6.45, 7) is 1.70. The summed E-state index contributed by atoms with van der Waals surface area (Å²) in [4.78, 5) is 20.4. The van der Waals surface area contributed by atoms with Gasteiger partial charge in [0.25, 0.3) is 0 Å². The molecule has 1 unspecified atom stereocenters. The number of hydrogen-bond acceptors (Lipinski definition) is 9. The quantitative estimate of drug-likeness (QED) is 0.546. The average molecular weight is 455 g/mol. The summed E-state index contributed by atoms with van der Waals surface area (Å²) in [5, 5.41) is 0.978. The van der Waals surface area contributed by atoms with Crippen molar-refractivity contribution in [2.24, 2.45) is 5.73 Å². The lowest BCUT2D eigenvalue weighted by Gasteiger charge is -2.43. The second-order valence-corrected chi connectivity index (χ2v) is 9.42. The molecule has 0 saturated carbocycles. The van der Waals surface area contributed by atoms with Crippen molar-refractivity contribution < 1.29 is 0 Å². The van der Waals surface area contributed by atoms with Gasteiger partial charge in [0, 0.05) is 48.0 Å². The molecule has 1 spiro atoms. The lowest BCUT2D eigenvalue weighted by Crippen LogP contribution is -2.50. The molecule has 10 heteroatoms. The van der Waals surface area contributed by atoms with Crippen LogP contribution in [0.15, 0.2) is 46.8 Å². The molecule has 2 aliphatic rings. The van der Waals surface area contributed by atoms with E-state index in [0.717, 1.165) is 43.1 Å². The summed E-state index contributed by atoms with van der Waals surface area (Å²) >= 11 is 7.56. The van der Waals surface area contributed by atoms with Crippen molar-refractivity contribution >= 4 is 40.8 Å². The molecule has 1 fully saturated rings. The molecule has 6 N–H and O–H groups in total. The monoisotopic (exact) mass is 454 g/mol. The van der Waals surface area contributed by atoms with Gasteiger partial charge in [-0.2, -0.15) is 0 Å². The second kappa shape index (κ2) is 7.81. The van der Waals surface area contributed by atoms with Crippen LogP contribution in [0.1, 0.15) is 24.0 Å². The first-order valence-electron chi connectivity index (χ1n) is 10.1. The van der Waals surface area contributed by atoms with Gasteiger partial charge in [0.15, 0.2) is 5.82 Å². The largest absolute Gasteiger partial charge is 0.382 e. The van der Waals surface area contributed by atoms with E-state index in [1.807, 2.05) is 12.4 Å². The minimum absolute atomic E-state index is 0.0154. The van der Waals surface area contributed by atoms with Gasteiger partial charge in [-0.25, -0.2) is 15.0 Å². The zero-order chi connectivity index (χ0) is 21.6. The molecule has 160 valence electrons. The number of nitrogens with zero attached hydrogens (tertiary/aromatic N) is 5. The SMILES string of the molecule is Nc1nc(N2CCC3(CC2)c2ccncc2CC3N)cnc1Sc1ccnc(N)c1Cl. The Morgan fingerprint density at radius 1 is 1.06 bits per heavy atom. The fraction of sp³-hybridized carbons (Fsp3) is 0.333. The van der Waals surface area contributed by atoms with Crippen LogP contribution in [-0.2, 0) is 11.8 Å². The molecule has 4 heterocycles. The molecule has 5 rings (SSSR count). The van der Waals surface area contributed by atoms with E-state index in [4.69, 9.17) is 28.8 Å². The predicted molar refractivity (Wildman–Crippen MR) is 123 cm³/mol. The second-order valence-electron chi connectivity index (χ2n) is 8.02. The van der Waals surface area contributed by atoms with Gasteiger partial charge in [0.05, 0.1) is 11.2 Å². The molecule has 0 radical (unpaired) electrons. The van der Waals surface area contributed by atoms with Crippen molar-refractivity contribution in [3.8, 4) is 0 Å². The van der Waals surface area contributed by atoms with Gasteiger partial charge >= 0.3 is 0 Å². The molecule has 0 bridgehead atoms. The Labute approximate surface area is 189 Å². The molecule has 3 aromatic rings. The van der Waals surface area contributed by atoms with Crippen LogP contribution in [-0.4, -0.2) is 39.1 Å². The average Bonchev–Trinajstić information content (AvgIpc) is 3.04. The van der Waals surface area contributed by atoms with E-state index in [2.05, 4.69) is 30.9 Å². The molecule has 31 heavy (non-hydrogen) atoms. The number of anilines is 3. The van der Waals surface area contributed by atoms with Crippen LogP contribution in [0.3, 0.4) is 0 Å². The van der Waals surface area contributed by atoms with Crippen LogP contribution < -0.4 is 22.1 Å². The molecular weight excluding hydrogens is 432 g/mol. The molecule has 1 aliphatic carbocycles. The number of halogens is 1. The minimum Gasteiger partial charge on any atom is -0.382 e. The van der Waals surface area contributed by atoms with Crippen molar-refractivity contribution in [3.63, 3.8) is 0 Å². The number of pyridine rings is 2. The summed E-state index contributed by atoms with van der Waals surface area (Å²) < 4.78 is 0. The maximum absolute atomic E-state index is 6.60. The summed E-state index contributed by atoms with van der Waals surface area (Å²) in [6.07, 6.45) is 10.0. The fourth-order valence-electron chi connectivity index (χ4n) is 4.72. The van der Waals surface area contributed by atoms with Crippen LogP contribution in [0.5, 0.6) is 0 Å². The van der Waals surface area contributed by atoms with E-state index < -0.39 is 0 Å². The van der Waals surface area contributed by atoms with Crippen LogP contribution >= 0.6 is 23.4 Å². The van der Waals surface area contributed by atoms with Crippen molar-refractivity contribution in [2.75, 3.05) is 29.5 Å². The Kier molecular flexibility index (Phi) is 5.11. The highest BCUT2D eigenvalue weighted by molar-refractivity contribution is 7.99. The van der Waals surface area contributed by atoms with Gasteiger partial charge in [0.2, 0.25) is 0 Å². The minimum atomic E-state index is 0.0154. The summed E-state index contributed by atoms with van der Waals surface area (Å²) in [5.41, 5.74) is 21.3. The number of hydrogen-bond donors (Lipinski definition) is 3. The molecule has 8 nitrogen and oxygen atoms in total. The zero-order valence-corrected chi connectivity index (χ0v) is 18.4. The Morgan fingerprint density at radius 2 is 1.87 bits per heavy atom. The van der Waals surface area contributed by atoms with Crippen LogP contribution in [0, 0.1) is 0 Å². The van der Waals surface area contributed by atoms with E-state index in [0.29, 0.717) is 15.9 Å².